The van der Waals surface area contributed by atoms with Crippen molar-refractivity contribution in [2.24, 2.45) is 0 Å². The van der Waals surface area contributed by atoms with E-state index in [-0.39, 0.29) is 5.82 Å². The molecule has 76 valence electrons. The Morgan fingerprint density at radius 3 is 2.29 bits per heavy atom. The highest BCUT2D eigenvalue weighted by molar-refractivity contribution is 5.43. The molecular formula is C12H16FN. The van der Waals surface area contributed by atoms with E-state index in [1.165, 1.54) is 44.2 Å². The van der Waals surface area contributed by atoms with Gasteiger partial charge in [-0.1, -0.05) is 19.3 Å². The highest BCUT2D eigenvalue weighted by Crippen LogP contribution is 2.21. The van der Waals surface area contributed by atoms with Gasteiger partial charge in [0.25, 0.3) is 0 Å². The fourth-order valence-corrected chi connectivity index (χ4v) is 2.03. The molecule has 1 saturated carbocycles. The Morgan fingerprint density at radius 1 is 1.00 bits per heavy atom. The van der Waals surface area contributed by atoms with Crippen molar-refractivity contribution >= 4 is 5.69 Å². The molecule has 2 heteroatoms. The molecule has 0 bridgehead atoms. The molecule has 1 aliphatic rings. The van der Waals surface area contributed by atoms with Crippen LogP contribution in [0.5, 0.6) is 0 Å². The number of rotatable bonds is 2. The summed E-state index contributed by atoms with van der Waals surface area (Å²) in [5, 5.41) is 3.44. The van der Waals surface area contributed by atoms with Crippen molar-refractivity contribution in [1.82, 2.24) is 0 Å². The van der Waals surface area contributed by atoms with E-state index in [2.05, 4.69) is 5.32 Å². The molecule has 1 fully saturated rings. The highest BCUT2D eigenvalue weighted by Gasteiger charge is 2.12. The van der Waals surface area contributed by atoms with Crippen LogP contribution < -0.4 is 5.32 Å². The molecule has 2 rings (SSSR count). The molecule has 0 saturated heterocycles. The Labute approximate surface area is 84.3 Å². The van der Waals surface area contributed by atoms with Gasteiger partial charge in [-0.2, -0.15) is 0 Å². The second-order valence-electron chi connectivity index (χ2n) is 3.99. The Kier molecular flexibility index (Phi) is 3.02. The lowest BCUT2D eigenvalue weighted by Crippen LogP contribution is -2.22. The van der Waals surface area contributed by atoms with Gasteiger partial charge in [-0.25, -0.2) is 4.39 Å². The van der Waals surface area contributed by atoms with Gasteiger partial charge in [0, 0.05) is 11.7 Å². The zero-order valence-electron chi connectivity index (χ0n) is 8.30. The third-order valence-electron chi connectivity index (χ3n) is 2.82. The molecule has 0 aliphatic heterocycles. The Balaban J connectivity index is 1.92. The molecule has 0 atom stereocenters. The number of nitrogens with one attached hydrogen (secondary N) is 1. The maximum atomic E-state index is 12.6. The van der Waals surface area contributed by atoms with Crippen molar-refractivity contribution in [3.63, 3.8) is 0 Å². The third-order valence-corrected chi connectivity index (χ3v) is 2.82. The van der Waals surface area contributed by atoms with E-state index in [4.69, 9.17) is 0 Å². The van der Waals surface area contributed by atoms with Crippen molar-refractivity contribution in [1.29, 1.82) is 0 Å². The average Bonchev–Trinajstić information content (AvgIpc) is 2.23. The summed E-state index contributed by atoms with van der Waals surface area (Å²) in [6.07, 6.45) is 6.49. The lowest BCUT2D eigenvalue weighted by molar-refractivity contribution is 0.462. The predicted molar refractivity (Wildman–Crippen MR) is 56.9 cm³/mol. The average molecular weight is 193 g/mol. The lowest BCUT2D eigenvalue weighted by atomic mass is 9.95. The van der Waals surface area contributed by atoms with Gasteiger partial charge in [0.05, 0.1) is 0 Å². The lowest BCUT2D eigenvalue weighted by Gasteiger charge is -2.23. The van der Waals surface area contributed by atoms with Crippen molar-refractivity contribution < 1.29 is 4.39 Å². The summed E-state index contributed by atoms with van der Waals surface area (Å²) >= 11 is 0. The number of anilines is 1. The first-order valence-corrected chi connectivity index (χ1v) is 5.37. The van der Waals surface area contributed by atoms with Crippen LogP contribution >= 0.6 is 0 Å². The summed E-state index contributed by atoms with van der Waals surface area (Å²) in [7, 11) is 0. The Hall–Kier alpha value is -1.05. The van der Waals surface area contributed by atoms with E-state index in [0.717, 1.165) is 5.69 Å². The van der Waals surface area contributed by atoms with Gasteiger partial charge in [-0.15, -0.1) is 0 Å². The molecule has 0 aromatic heterocycles. The summed E-state index contributed by atoms with van der Waals surface area (Å²) in [4.78, 5) is 0. The second kappa shape index (κ2) is 4.45. The largest absolute Gasteiger partial charge is 0.382 e. The van der Waals surface area contributed by atoms with Crippen molar-refractivity contribution in [3.8, 4) is 0 Å². The topological polar surface area (TPSA) is 12.0 Å². The molecule has 0 spiro atoms. The number of hydrogen-bond acceptors (Lipinski definition) is 1. The van der Waals surface area contributed by atoms with Gasteiger partial charge >= 0.3 is 0 Å². The first-order chi connectivity index (χ1) is 6.84. The molecule has 0 amide bonds. The van der Waals surface area contributed by atoms with Crippen molar-refractivity contribution in [2.45, 2.75) is 38.1 Å². The van der Waals surface area contributed by atoms with Crippen LogP contribution in [-0.2, 0) is 0 Å². The summed E-state index contributed by atoms with van der Waals surface area (Å²) in [6.45, 7) is 0. The van der Waals surface area contributed by atoms with E-state index >= 15 is 0 Å². The second-order valence-corrected chi connectivity index (χ2v) is 3.99. The van der Waals surface area contributed by atoms with Crippen LogP contribution in [0.2, 0.25) is 0 Å². The zero-order valence-corrected chi connectivity index (χ0v) is 8.30. The van der Waals surface area contributed by atoms with Gasteiger partial charge in [-0.05, 0) is 37.1 Å². The minimum atomic E-state index is -0.167. The van der Waals surface area contributed by atoms with Gasteiger partial charge in [-0.3, -0.25) is 0 Å². The molecule has 0 unspecified atom stereocenters. The normalized spacial score (nSPS) is 18.1. The van der Waals surface area contributed by atoms with E-state index in [1.54, 1.807) is 0 Å². The van der Waals surface area contributed by atoms with Gasteiger partial charge in [0.1, 0.15) is 5.82 Å². The number of benzene rings is 1. The first-order valence-electron chi connectivity index (χ1n) is 5.37. The molecular weight excluding hydrogens is 177 g/mol. The summed E-state index contributed by atoms with van der Waals surface area (Å²) in [6, 6.07) is 7.22. The summed E-state index contributed by atoms with van der Waals surface area (Å²) < 4.78 is 12.6. The van der Waals surface area contributed by atoms with Crippen LogP contribution in [0.25, 0.3) is 0 Å². The van der Waals surface area contributed by atoms with E-state index < -0.39 is 0 Å². The van der Waals surface area contributed by atoms with E-state index in [0.29, 0.717) is 6.04 Å². The monoisotopic (exact) mass is 193 g/mol. The quantitative estimate of drug-likeness (QED) is 0.757. The van der Waals surface area contributed by atoms with E-state index in [1.807, 2.05) is 12.1 Å². The summed E-state index contributed by atoms with van der Waals surface area (Å²) in [5.74, 6) is -0.167. The maximum Gasteiger partial charge on any atom is 0.123 e. The molecule has 1 aromatic rings. The molecule has 14 heavy (non-hydrogen) atoms. The molecule has 1 N–H and O–H groups in total. The minimum absolute atomic E-state index is 0.167. The Bertz CT molecular complexity index is 275. The smallest absolute Gasteiger partial charge is 0.123 e. The van der Waals surface area contributed by atoms with Crippen molar-refractivity contribution in [2.75, 3.05) is 5.32 Å². The molecule has 1 aliphatic carbocycles. The number of hydrogen-bond donors (Lipinski definition) is 1. The first kappa shape index (κ1) is 9.50. The molecule has 0 radical (unpaired) electrons. The van der Waals surface area contributed by atoms with Crippen LogP contribution in [0.4, 0.5) is 10.1 Å². The van der Waals surface area contributed by atoms with Crippen molar-refractivity contribution in [3.05, 3.63) is 30.1 Å². The van der Waals surface area contributed by atoms with Crippen LogP contribution in [0.1, 0.15) is 32.1 Å². The van der Waals surface area contributed by atoms with Crippen LogP contribution in [0.3, 0.4) is 0 Å². The minimum Gasteiger partial charge on any atom is -0.382 e. The fourth-order valence-electron chi connectivity index (χ4n) is 2.03. The van der Waals surface area contributed by atoms with Gasteiger partial charge in [0.2, 0.25) is 0 Å². The van der Waals surface area contributed by atoms with Crippen LogP contribution in [0, 0.1) is 5.82 Å². The van der Waals surface area contributed by atoms with Gasteiger partial charge < -0.3 is 5.32 Å². The fraction of sp³-hybridized carbons (Fsp3) is 0.500. The van der Waals surface area contributed by atoms with Crippen LogP contribution in [-0.4, -0.2) is 6.04 Å². The maximum absolute atomic E-state index is 12.6. The third kappa shape index (κ3) is 2.47. The predicted octanol–water partition coefficient (Wildman–Crippen LogP) is 3.57. The van der Waals surface area contributed by atoms with Gasteiger partial charge in [0.15, 0.2) is 0 Å². The van der Waals surface area contributed by atoms with Crippen LogP contribution in [0.15, 0.2) is 24.3 Å². The molecule has 1 nitrogen and oxygen atoms in total. The van der Waals surface area contributed by atoms with E-state index in [9.17, 15) is 4.39 Å². The molecule has 1 aromatic carbocycles. The summed E-state index contributed by atoms with van der Waals surface area (Å²) in [5.41, 5.74) is 1.04. The molecule has 0 heterocycles. The SMILES string of the molecule is Fc1ccc(NC2CCCCC2)cc1. The standard InChI is InChI=1S/C12H16FN/c13-10-6-8-12(9-7-10)14-11-4-2-1-3-5-11/h6-9,11,14H,1-5H2. The highest BCUT2D eigenvalue weighted by atomic mass is 19.1. The Morgan fingerprint density at radius 2 is 1.64 bits per heavy atom. The zero-order chi connectivity index (χ0) is 9.80. The number of halogens is 1.